The summed E-state index contributed by atoms with van der Waals surface area (Å²) in [6.45, 7) is 4.35. The molecule has 0 radical (unpaired) electrons. The summed E-state index contributed by atoms with van der Waals surface area (Å²) in [5.74, 6) is -0.660. The zero-order valence-corrected chi connectivity index (χ0v) is 29.2. The Balaban J connectivity index is 3.55. The number of hydrogen-bond donors (Lipinski definition) is 1. The van der Waals surface area contributed by atoms with Gasteiger partial charge in [-0.1, -0.05) is 159 Å². The molecule has 0 aliphatic heterocycles. The monoisotopic (exact) mass is 617 g/mol. The molecule has 0 rings (SSSR count). The minimum Gasteiger partial charge on any atom is -0.481 e. The van der Waals surface area contributed by atoms with Gasteiger partial charge >= 0.3 is 11.9 Å². The van der Waals surface area contributed by atoms with Crippen LogP contribution < -0.4 is 0 Å². The van der Waals surface area contributed by atoms with Crippen LogP contribution in [0.4, 0.5) is 0 Å². The highest BCUT2D eigenvalue weighted by atomic mass is 16.5. The summed E-state index contributed by atoms with van der Waals surface area (Å²) in [6, 6.07) is 0. The van der Waals surface area contributed by atoms with Gasteiger partial charge in [-0.3, -0.25) is 9.59 Å². The Hall–Kier alpha value is -1.84. The molecule has 0 saturated heterocycles. The average molecular weight is 617 g/mol. The van der Waals surface area contributed by atoms with Crippen molar-refractivity contribution < 1.29 is 19.4 Å². The van der Waals surface area contributed by atoms with Crippen molar-refractivity contribution in [1.82, 2.24) is 0 Å². The number of hydrogen-bond acceptors (Lipinski definition) is 3. The topological polar surface area (TPSA) is 63.6 Å². The zero-order chi connectivity index (χ0) is 32.2. The molecule has 1 unspecified atom stereocenters. The molecule has 256 valence electrons. The van der Waals surface area contributed by atoms with Gasteiger partial charge in [0, 0.05) is 12.8 Å². The molecule has 4 nitrogen and oxygen atoms in total. The van der Waals surface area contributed by atoms with Gasteiger partial charge in [-0.25, -0.2) is 0 Å². The largest absolute Gasteiger partial charge is 0.481 e. The lowest BCUT2D eigenvalue weighted by molar-refractivity contribution is -0.150. The Kier molecular flexibility index (Phi) is 34.1. The molecule has 0 aromatic carbocycles. The van der Waals surface area contributed by atoms with E-state index in [-0.39, 0.29) is 12.1 Å². The minimum atomic E-state index is -0.674. The normalized spacial score (nSPS) is 12.6. The third-order valence-corrected chi connectivity index (χ3v) is 8.36. The highest BCUT2D eigenvalue weighted by Gasteiger charge is 2.13. The van der Waals surface area contributed by atoms with E-state index in [1.54, 1.807) is 0 Å². The predicted molar refractivity (Wildman–Crippen MR) is 190 cm³/mol. The van der Waals surface area contributed by atoms with Crippen molar-refractivity contribution in [3.8, 4) is 0 Å². The average Bonchev–Trinajstić information content (AvgIpc) is 3.00. The molecular formula is C40H72O4. The van der Waals surface area contributed by atoms with Crippen molar-refractivity contribution in [2.45, 2.75) is 206 Å². The van der Waals surface area contributed by atoms with Crippen molar-refractivity contribution >= 4 is 11.9 Å². The molecule has 0 fully saturated rings. The highest BCUT2D eigenvalue weighted by molar-refractivity contribution is 5.69. The van der Waals surface area contributed by atoms with Crippen LogP contribution in [-0.4, -0.2) is 23.1 Å². The Morgan fingerprint density at radius 3 is 1.45 bits per heavy atom. The first-order valence-electron chi connectivity index (χ1n) is 19.0. The van der Waals surface area contributed by atoms with E-state index in [9.17, 15) is 9.59 Å². The van der Waals surface area contributed by atoms with Gasteiger partial charge in [0.05, 0.1) is 0 Å². The zero-order valence-electron chi connectivity index (χ0n) is 29.2. The number of ether oxygens (including phenoxy) is 1. The first-order valence-corrected chi connectivity index (χ1v) is 19.0. The van der Waals surface area contributed by atoms with Crippen molar-refractivity contribution in [3.05, 3.63) is 36.5 Å². The molecule has 0 aliphatic carbocycles. The second-order valence-electron chi connectivity index (χ2n) is 12.7. The minimum absolute atomic E-state index is 0.0145. The Morgan fingerprint density at radius 2 is 0.955 bits per heavy atom. The molecule has 0 aliphatic rings. The summed E-state index contributed by atoms with van der Waals surface area (Å²) in [6.07, 6.45) is 46.5. The Labute approximate surface area is 273 Å². The molecule has 1 N–H and O–H groups in total. The van der Waals surface area contributed by atoms with Gasteiger partial charge < -0.3 is 9.84 Å². The third kappa shape index (κ3) is 34.6. The lowest BCUT2D eigenvalue weighted by Crippen LogP contribution is -2.18. The van der Waals surface area contributed by atoms with Crippen LogP contribution >= 0.6 is 0 Å². The van der Waals surface area contributed by atoms with Crippen LogP contribution in [0.1, 0.15) is 200 Å². The van der Waals surface area contributed by atoms with E-state index in [1.165, 1.54) is 103 Å². The summed E-state index contributed by atoms with van der Waals surface area (Å²) in [5.41, 5.74) is 0. The summed E-state index contributed by atoms with van der Waals surface area (Å²) >= 11 is 0. The van der Waals surface area contributed by atoms with Gasteiger partial charge in [-0.15, -0.1) is 0 Å². The molecule has 0 aromatic rings. The number of esters is 1. The fourth-order valence-corrected chi connectivity index (χ4v) is 5.66. The van der Waals surface area contributed by atoms with Crippen LogP contribution in [0, 0.1) is 0 Å². The maximum Gasteiger partial charge on any atom is 0.306 e. The number of allylic oxidation sites excluding steroid dienone is 6. The number of aliphatic carboxylic acids is 1. The van der Waals surface area contributed by atoms with Crippen LogP contribution in [0.2, 0.25) is 0 Å². The number of carbonyl (C=O) groups excluding carboxylic acids is 1. The fourth-order valence-electron chi connectivity index (χ4n) is 5.66. The molecule has 0 amide bonds. The van der Waals surface area contributed by atoms with E-state index in [2.05, 4.69) is 50.3 Å². The van der Waals surface area contributed by atoms with E-state index in [0.717, 1.165) is 70.6 Å². The molecular weight excluding hydrogens is 544 g/mol. The van der Waals surface area contributed by atoms with E-state index in [0.29, 0.717) is 12.8 Å². The van der Waals surface area contributed by atoms with E-state index in [4.69, 9.17) is 9.84 Å². The van der Waals surface area contributed by atoms with Gasteiger partial charge in [0.25, 0.3) is 0 Å². The molecule has 0 bridgehead atoms. The number of carbonyl (C=O) groups is 2. The quantitative estimate of drug-likeness (QED) is 0.0444. The van der Waals surface area contributed by atoms with Crippen molar-refractivity contribution in [1.29, 1.82) is 0 Å². The standard InChI is InChI=1S/C40H72O4/c1-3-5-6-7-8-9-10-11-12-13-14-15-16-17-21-24-27-30-33-37-40(43)44-38(34-4-2)35-31-28-25-22-19-18-20-23-26-29-32-36-39(41)42/h5-6,8-9,11-12,38H,3-4,7,10,13-37H2,1-2H3,(H,41,42)/b6-5-,9-8-,12-11-. The lowest BCUT2D eigenvalue weighted by atomic mass is 10.0. The summed E-state index contributed by atoms with van der Waals surface area (Å²) in [5, 5.41) is 8.66. The molecule has 0 aromatic heterocycles. The Morgan fingerprint density at radius 1 is 0.523 bits per heavy atom. The van der Waals surface area contributed by atoms with Crippen LogP contribution in [0.3, 0.4) is 0 Å². The van der Waals surface area contributed by atoms with Crippen LogP contribution in [0.25, 0.3) is 0 Å². The maximum absolute atomic E-state index is 12.4. The molecule has 4 heteroatoms. The third-order valence-electron chi connectivity index (χ3n) is 8.36. The Bertz CT molecular complexity index is 708. The lowest BCUT2D eigenvalue weighted by Gasteiger charge is -2.17. The van der Waals surface area contributed by atoms with E-state index in [1.807, 2.05) is 0 Å². The van der Waals surface area contributed by atoms with Crippen molar-refractivity contribution in [2.75, 3.05) is 0 Å². The smallest absolute Gasteiger partial charge is 0.306 e. The van der Waals surface area contributed by atoms with Gasteiger partial charge in [0.1, 0.15) is 6.10 Å². The van der Waals surface area contributed by atoms with Gasteiger partial charge in [-0.05, 0) is 64.2 Å². The number of carboxylic acids is 1. The first-order chi connectivity index (χ1) is 21.6. The van der Waals surface area contributed by atoms with Gasteiger partial charge in [0.15, 0.2) is 0 Å². The SMILES string of the molecule is CC/C=C\C/C=C\C/C=C\CCCCCCCCCCCC(=O)OC(CCC)CCCCCCCCCCCCCC(=O)O. The molecule has 0 heterocycles. The van der Waals surface area contributed by atoms with Gasteiger partial charge in [-0.2, -0.15) is 0 Å². The maximum atomic E-state index is 12.4. The summed E-state index contributed by atoms with van der Waals surface area (Å²) in [7, 11) is 0. The van der Waals surface area contributed by atoms with Gasteiger partial charge in [0.2, 0.25) is 0 Å². The fraction of sp³-hybridized carbons (Fsp3) is 0.800. The number of carboxylic acid groups (broad SMARTS) is 1. The highest BCUT2D eigenvalue weighted by Crippen LogP contribution is 2.17. The molecule has 44 heavy (non-hydrogen) atoms. The van der Waals surface area contributed by atoms with Crippen LogP contribution in [0.15, 0.2) is 36.5 Å². The summed E-state index contributed by atoms with van der Waals surface area (Å²) < 4.78 is 5.86. The predicted octanol–water partition coefficient (Wildman–Crippen LogP) is 13.0. The van der Waals surface area contributed by atoms with Crippen LogP contribution in [-0.2, 0) is 14.3 Å². The van der Waals surface area contributed by atoms with Crippen molar-refractivity contribution in [3.63, 3.8) is 0 Å². The molecule has 0 spiro atoms. The molecule has 0 saturated carbocycles. The number of rotatable bonds is 34. The second kappa shape index (κ2) is 35.6. The van der Waals surface area contributed by atoms with E-state index < -0.39 is 5.97 Å². The van der Waals surface area contributed by atoms with Crippen molar-refractivity contribution in [2.24, 2.45) is 0 Å². The summed E-state index contributed by atoms with van der Waals surface area (Å²) in [4.78, 5) is 22.9. The van der Waals surface area contributed by atoms with Crippen LogP contribution in [0.5, 0.6) is 0 Å². The van der Waals surface area contributed by atoms with E-state index >= 15 is 0 Å². The first kappa shape index (κ1) is 42.2. The molecule has 1 atom stereocenters. The second-order valence-corrected chi connectivity index (χ2v) is 12.7. The number of unbranched alkanes of at least 4 members (excludes halogenated alkanes) is 19.